The van der Waals surface area contributed by atoms with Gasteiger partial charge in [-0.2, -0.15) is 0 Å². The fourth-order valence-electron chi connectivity index (χ4n) is 3.50. The lowest BCUT2D eigenvalue weighted by molar-refractivity contribution is -0.132. The Morgan fingerprint density at radius 2 is 1.91 bits per heavy atom. The van der Waals surface area contributed by atoms with Gasteiger partial charge in [-0.05, 0) is 48.9 Å². The third kappa shape index (κ3) is 3.39. The van der Waals surface area contributed by atoms with Gasteiger partial charge in [-0.25, -0.2) is 0 Å². The van der Waals surface area contributed by atoms with Gasteiger partial charge < -0.3 is 10.6 Å². The van der Waals surface area contributed by atoms with E-state index < -0.39 is 0 Å². The van der Waals surface area contributed by atoms with Crippen molar-refractivity contribution in [2.24, 2.45) is 0 Å². The quantitative estimate of drug-likeness (QED) is 0.871. The van der Waals surface area contributed by atoms with Crippen molar-refractivity contribution >= 4 is 11.6 Å². The first kappa shape index (κ1) is 15.6. The fourth-order valence-corrected chi connectivity index (χ4v) is 3.50. The van der Waals surface area contributed by atoms with Crippen LogP contribution in [0.4, 0.5) is 5.69 Å². The van der Waals surface area contributed by atoms with E-state index in [0.29, 0.717) is 12.8 Å². The van der Waals surface area contributed by atoms with E-state index in [-0.39, 0.29) is 11.9 Å². The van der Waals surface area contributed by atoms with Gasteiger partial charge in [0.05, 0.1) is 6.04 Å². The van der Waals surface area contributed by atoms with E-state index >= 15 is 0 Å². The van der Waals surface area contributed by atoms with Crippen LogP contribution in [0, 0.1) is 6.92 Å². The molecule has 23 heavy (non-hydrogen) atoms. The maximum Gasteiger partial charge on any atom is 0.223 e. The molecule has 1 aliphatic rings. The van der Waals surface area contributed by atoms with Crippen molar-refractivity contribution in [3.05, 3.63) is 65.2 Å². The molecule has 1 fully saturated rings. The van der Waals surface area contributed by atoms with Crippen molar-refractivity contribution in [1.82, 2.24) is 4.90 Å². The summed E-state index contributed by atoms with van der Waals surface area (Å²) in [5, 5.41) is 0. The summed E-state index contributed by atoms with van der Waals surface area (Å²) in [6.45, 7) is 2.99. The Morgan fingerprint density at radius 3 is 2.70 bits per heavy atom. The molecule has 120 valence electrons. The number of rotatable bonds is 4. The number of nitrogens with zero attached hydrogens (tertiary/aromatic N) is 1. The summed E-state index contributed by atoms with van der Waals surface area (Å²) in [7, 11) is 0. The number of carbonyl (C=O) groups is 1. The zero-order valence-corrected chi connectivity index (χ0v) is 13.7. The molecule has 3 heteroatoms. The van der Waals surface area contributed by atoms with Gasteiger partial charge >= 0.3 is 0 Å². The van der Waals surface area contributed by atoms with Crippen molar-refractivity contribution in [3.63, 3.8) is 0 Å². The number of nitrogen functional groups attached to an aromatic ring is 1. The zero-order valence-electron chi connectivity index (χ0n) is 13.7. The van der Waals surface area contributed by atoms with Crippen LogP contribution in [-0.4, -0.2) is 17.4 Å². The Kier molecular flexibility index (Phi) is 4.65. The summed E-state index contributed by atoms with van der Waals surface area (Å²) in [5.41, 5.74) is 10.4. The summed E-state index contributed by atoms with van der Waals surface area (Å²) < 4.78 is 0. The minimum Gasteiger partial charge on any atom is -0.399 e. The van der Waals surface area contributed by atoms with E-state index in [0.717, 1.165) is 30.6 Å². The Bertz CT molecular complexity index is 696. The SMILES string of the molecule is Cc1ccccc1C1CCCN1C(=O)CCc1ccccc1N. The molecule has 0 aromatic heterocycles. The molecule has 0 spiro atoms. The number of hydrogen-bond donors (Lipinski definition) is 1. The highest BCUT2D eigenvalue weighted by Crippen LogP contribution is 2.34. The van der Waals surface area contributed by atoms with Gasteiger partial charge in [0.2, 0.25) is 5.91 Å². The molecule has 1 amide bonds. The van der Waals surface area contributed by atoms with Gasteiger partial charge in [0.15, 0.2) is 0 Å². The normalized spacial score (nSPS) is 17.4. The van der Waals surface area contributed by atoms with Crippen LogP contribution in [0.5, 0.6) is 0 Å². The fraction of sp³-hybridized carbons (Fsp3) is 0.350. The van der Waals surface area contributed by atoms with E-state index in [4.69, 9.17) is 5.73 Å². The number of anilines is 1. The maximum absolute atomic E-state index is 12.7. The summed E-state index contributed by atoms with van der Waals surface area (Å²) >= 11 is 0. The first-order chi connectivity index (χ1) is 11.2. The van der Waals surface area contributed by atoms with Gasteiger partial charge in [0, 0.05) is 18.7 Å². The van der Waals surface area contributed by atoms with Gasteiger partial charge in [-0.1, -0.05) is 42.5 Å². The largest absolute Gasteiger partial charge is 0.399 e. The highest BCUT2D eigenvalue weighted by atomic mass is 16.2. The van der Waals surface area contributed by atoms with Crippen LogP contribution >= 0.6 is 0 Å². The molecule has 2 aromatic rings. The second-order valence-corrected chi connectivity index (χ2v) is 6.30. The molecule has 0 bridgehead atoms. The van der Waals surface area contributed by atoms with Gasteiger partial charge in [0.25, 0.3) is 0 Å². The predicted molar refractivity (Wildman–Crippen MR) is 94.0 cm³/mol. The Morgan fingerprint density at radius 1 is 1.17 bits per heavy atom. The minimum absolute atomic E-state index is 0.233. The van der Waals surface area contributed by atoms with Crippen molar-refractivity contribution < 1.29 is 4.79 Å². The number of benzene rings is 2. The first-order valence-electron chi connectivity index (χ1n) is 8.35. The maximum atomic E-state index is 12.7. The Labute approximate surface area is 138 Å². The topological polar surface area (TPSA) is 46.3 Å². The monoisotopic (exact) mass is 308 g/mol. The average Bonchev–Trinajstić information content (AvgIpc) is 3.04. The van der Waals surface area contributed by atoms with Crippen LogP contribution in [0.25, 0.3) is 0 Å². The molecule has 2 aromatic carbocycles. The Balaban J connectivity index is 1.69. The smallest absolute Gasteiger partial charge is 0.223 e. The summed E-state index contributed by atoms with van der Waals surface area (Å²) in [4.78, 5) is 14.8. The molecule has 1 aliphatic heterocycles. The van der Waals surface area contributed by atoms with Gasteiger partial charge in [0.1, 0.15) is 0 Å². The van der Waals surface area contributed by atoms with Crippen molar-refractivity contribution in [3.8, 4) is 0 Å². The highest BCUT2D eigenvalue weighted by Gasteiger charge is 2.30. The molecule has 1 unspecified atom stereocenters. The van der Waals surface area contributed by atoms with Crippen LogP contribution < -0.4 is 5.73 Å². The van der Waals surface area contributed by atoms with E-state index in [2.05, 4.69) is 36.1 Å². The molecule has 1 heterocycles. The van der Waals surface area contributed by atoms with Gasteiger partial charge in [-0.15, -0.1) is 0 Å². The molecule has 0 radical (unpaired) electrons. The van der Waals surface area contributed by atoms with Crippen LogP contribution in [0.15, 0.2) is 48.5 Å². The zero-order chi connectivity index (χ0) is 16.2. The first-order valence-corrected chi connectivity index (χ1v) is 8.35. The van der Waals surface area contributed by atoms with E-state index in [1.54, 1.807) is 0 Å². The van der Waals surface area contributed by atoms with Crippen LogP contribution in [0.1, 0.15) is 42.0 Å². The van der Waals surface area contributed by atoms with Crippen LogP contribution in [0.3, 0.4) is 0 Å². The van der Waals surface area contributed by atoms with Crippen molar-refractivity contribution in [2.45, 2.75) is 38.6 Å². The molecular weight excluding hydrogens is 284 g/mol. The second-order valence-electron chi connectivity index (χ2n) is 6.30. The van der Waals surface area contributed by atoms with Crippen LogP contribution in [0.2, 0.25) is 0 Å². The average molecular weight is 308 g/mol. The van der Waals surface area contributed by atoms with E-state index in [1.807, 2.05) is 24.3 Å². The lowest BCUT2D eigenvalue weighted by Gasteiger charge is -2.26. The third-order valence-electron chi connectivity index (χ3n) is 4.78. The molecular formula is C20H24N2O. The summed E-state index contributed by atoms with van der Waals surface area (Å²) in [5.74, 6) is 0.235. The number of para-hydroxylation sites is 1. The molecule has 1 saturated heterocycles. The standard InChI is InChI=1S/C20H24N2O/c1-15-7-2-4-9-17(15)19-11-6-14-22(19)20(23)13-12-16-8-3-5-10-18(16)21/h2-5,7-10,19H,6,11-14,21H2,1H3. The number of likely N-dealkylation sites (tertiary alicyclic amines) is 1. The molecule has 3 rings (SSSR count). The number of hydrogen-bond acceptors (Lipinski definition) is 2. The lowest BCUT2D eigenvalue weighted by Crippen LogP contribution is -2.31. The number of aryl methyl sites for hydroxylation is 2. The number of carbonyl (C=O) groups excluding carboxylic acids is 1. The molecule has 0 saturated carbocycles. The molecule has 0 aliphatic carbocycles. The minimum atomic E-state index is 0.233. The predicted octanol–water partition coefficient (Wildman–Crippen LogP) is 3.87. The van der Waals surface area contributed by atoms with Crippen molar-refractivity contribution in [2.75, 3.05) is 12.3 Å². The summed E-state index contributed by atoms with van der Waals surface area (Å²) in [6, 6.07) is 16.4. The lowest BCUT2D eigenvalue weighted by atomic mass is 9.99. The molecule has 3 nitrogen and oxygen atoms in total. The third-order valence-corrected chi connectivity index (χ3v) is 4.78. The van der Waals surface area contributed by atoms with Crippen molar-refractivity contribution in [1.29, 1.82) is 0 Å². The van der Waals surface area contributed by atoms with Gasteiger partial charge in [-0.3, -0.25) is 4.79 Å². The Hall–Kier alpha value is -2.29. The van der Waals surface area contributed by atoms with E-state index in [9.17, 15) is 4.79 Å². The summed E-state index contributed by atoms with van der Waals surface area (Å²) in [6.07, 6.45) is 3.38. The molecule has 1 atom stereocenters. The number of nitrogens with two attached hydrogens (primary N) is 1. The van der Waals surface area contributed by atoms with E-state index in [1.165, 1.54) is 11.1 Å². The molecule has 2 N–H and O–H groups in total. The number of amides is 1. The second kappa shape index (κ2) is 6.86. The van der Waals surface area contributed by atoms with Crippen LogP contribution in [-0.2, 0) is 11.2 Å². The highest BCUT2D eigenvalue weighted by molar-refractivity contribution is 5.77.